The number of aliphatic imine (C=N–C) groups is 1. The van der Waals surface area contributed by atoms with Crippen LogP contribution in [0.4, 0.5) is 88.1 Å². The van der Waals surface area contributed by atoms with Gasteiger partial charge in [-0.25, -0.2) is 22.4 Å². The van der Waals surface area contributed by atoms with Gasteiger partial charge in [0, 0.05) is 37.6 Å². The first-order chi connectivity index (χ1) is 40.9. The van der Waals surface area contributed by atoms with Crippen LogP contribution in [0.1, 0.15) is 12.5 Å². The normalized spacial score (nSPS) is 11.3. The lowest BCUT2D eigenvalue weighted by Crippen LogP contribution is -2.44. The summed E-state index contributed by atoms with van der Waals surface area (Å²) in [5.74, 6) is -10.5. The molecule has 0 saturated carbocycles. The fourth-order valence-electron chi connectivity index (χ4n) is 6.12. The quantitative estimate of drug-likeness (QED) is 0.0321. The molecule has 33 heteroatoms. The predicted molar refractivity (Wildman–Crippen MR) is 309 cm³/mol. The molecule has 10 N–H and O–H groups in total. The summed E-state index contributed by atoms with van der Waals surface area (Å²) in [6.45, 7) is 0.329. The Kier molecular flexibility index (Phi) is 25.0. The number of phenolic OH excluding ortho intramolecular Hbond substituents is 1. The Hall–Kier alpha value is -9.22. The van der Waals surface area contributed by atoms with Crippen molar-refractivity contribution in [2.24, 2.45) is 4.99 Å². The number of aromatic hydroxyl groups is 1. The lowest BCUT2D eigenvalue weighted by Gasteiger charge is -2.19. The van der Waals surface area contributed by atoms with Crippen molar-refractivity contribution < 1.29 is 87.4 Å². The van der Waals surface area contributed by atoms with Crippen LogP contribution in [0.15, 0.2) is 151 Å². The van der Waals surface area contributed by atoms with Gasteiger partial charge >= 0.3 is 24.0 Å². The number of nitro groups is 2. The van der Waals surface area contributed by atoms with Crippen LogP contribution >= 0.6 is 58.0 Å². The number of rotatable bonds is 10. The molecule has 466 valence electrons. The van der Waals surface area contributed by atoms with Crippen LogP contribution in [-0.2, 0) is 11.2 Å². The molecule has 17 nitrogen and oxygen atoms in total. The van der Waals surface area contributed by atoms with E-state index in [1.807, 2.05) is 0 Å². The number of hydrogen-bond donors (Lipinski definition) is 6. The van der Waals surface area contributed by atoms with Crippen molar-refractivity contribution in [3.63, 3.8) is 0 Å². The molecule has 1 aliphatic rings. The van der Waals surface area contributed by atoms with E-state index in [-0.39, 0.29) is 88.7 Å². The first-order valence-corrected chi connectivity index (χ1v) is 25.4. The van der Waals surface area contributed by atoms with E-state index in [0.717, 1.165) is 30.3 Å². The number of nitrogens with two attached hydrogens (primary N) is 4. The van der Waals surface area contributed by atoms with E-state index in [4.69, 9.17) is 105 Å². The van der Waals surface area contributed by atoms with Gasteiger partial charge in [-0.15, -0.1) is 0 Å². The highest BCUT2D eigenvalue weighted by molar-refractivity contribution is 6.42. The first-order valence-electron chi connectivity index (χ1n) is 23.5. The number of ether oxygens (including phenoxy) is 3. The largest absolute Gasteiger partial charge is 0.508 e. The van der Waals surface area contributed by atoms with Crippen molar-refractivity contribution in [2.45, 2.75) is 31.4 Å². The van der Waals surface area contributed by atoms with Gasteiger partial charge in [-0.05, 0) is 127 Å². The maximum atomic E-state index is 13.4. The number of nitrogen functional groups attached to an aromatic ring is 4. The van der Waals surface area contributed by atoms with Gasteiger partial charge in [0.05, 0.1) is 52.0 Å². The summed E-state index contributed by atoms with van der Waals surface area (Å²) in [7, 11) is 0. The summed E-state index contributed by atoms with van der Waals surface area (Å²) in [5.41, 5.74) is 21.0. The lowest BCUT2D eigenvalue weighted by molar-refractivity contribution is -0.384. The molecule has 1 aliphatic heterocycles. The van der Waals surface area contributed by atoms with Crippen LogP contribution in [0.2, 0.25) is 25.1 Å². The molecule has 0 atom stereocenters. The minimum Gasteiger partial charge on any atom is -0.508 e. The summed E-state index contributed by atoms with van der Waals surface area (Å²) < 4.78 is 153. The molecule has 88 heavy (non-hydrogen) atoms. The minimum absolute atomic E-state index is 0.00870. The summed E-state index contributed by atoms with van der Waals surface area (Å²) >= 11 is 28.9. The van der Waals surface area contributed by atoms with Crippen molar-refractivity contribution in [3.05, 3.63) is 220 Å². The number of aliphatic carboxylic acids is 1. The van der Waals surface area contributed by atoms with Crippen LogP contribution in [0.3, 0.4) is 0 Å². The second-order valence-electron chi connectivity index (χ2n) is 17.1. The molecule has 1 heterocycles. The van der Waals surface area contributed by atoms with Gasteiger partial charge in [0.25, 0.3) is 11.4 Å². The third-order valence-electron chi connectivity index (χ3n) is 10.5. The van der Waals surface area contributed by atoms with Crippen molar-refractivity contribution in [3.8, 4) is 40.2 Å². The SMILES string of the molecule is CC(F)(F)C(=O)O.Fc1ccc(Oc2cc3c(cc2Cl)N=C(C(F)(F)C(F)(F)F)C3)cc1.Nc1cc(Cl)c(Cl)cc1[N+](=O)[O-].Nc1cc(Cl)c(Oc2ccc(F)cc2)cc1N.Nc1cc(Oc2ccc(F)cc2)c(Cl)cc1[N+](=O)[O-].Oc1ccc(F)cc1. The molecular formula is C55H39Cl5F11N7O10. The standard InChI is InChI=1S/C16H8ClF6NO.C12H8ClFN2O3.C12H10ClFN2O.C6H4Cl2N2O2.C6H5FO.C3H4F2O2/c17-11-7-12-8(6-14(24-12)15(19,20)16(21,22)23)5-13(11)25-10-3-1-9(18)2-4-10;13-9-5-11(16(17)18)10(15)6-12(9)19-8-3-1-7(14)2-4-8;13-9-5-10(15)11(16)6-12(9)17-8-3-1-7(14)2-4-8;7-3-1-5(9)6(10(11)12)2-4(3)8;7-5-1-3-6(8)4-2-5;1-3(4,5)2(6)7/h1-5,7H,6H2;1-6H,15H2;1-6H,15-16H2;1-2H,9H2;1-4,8H;1H3,(H,6,7). The number of carboxylic acids is 1. The highest BCUT2D eigenvalue weighted by atomic mass is 35.5. The molecule has 0 bridgehead atoms. The Labute approximate surface area is 513 Å². The van der Waals surface area contributed by atoms with Gasteiger partial charge in [0.15, 0.2) is 0 Å². The van der Waals surface area contributed by atoms with E-state index in [0.29, 0.717) is 40.6 Å². The van der Waals surface area contributed by atoms with E-state index in [1.165, 1.54) is 115 Å². The van der Waals surface area contributed by atoms with Crippen molar-refractivity contribution in [1.29, 1.82) is 0 Å². The monoisotopic (exact) mass is 1340 g/mol. The Morgan fingerprint density at radius 1 is 0.511 bits per heavy atom. The Bertz CT molecular complexity index is 3780. The van der Waals surface area contributed by atoms with Gasteiger partial charge in [-0.3, -0.25) is 25.2 Å². The molecule has 0 saturated heterocycles. The van der Waals surface area contributed by atoms with Crippen LogP contribution in [0.25, 0.3) is 0 Å². The Morgan fingerprint density at radius 3 is 1.19 bits per heavy atom. The number of carboxylic acid groups (broad SMARTS) is 1. The Morgan fingerprint density at radius 2 is 0.818 bits per heavy atom. The zero-order valence-electron chi connectivity index (χ0n) is 43.9. The number of hydrogen-bond acceptors (Lipinski definition) is 14. The van der Waals surface area contributed by atoms with Crippen LogP contribution in [0, 0.1) is 43.5 Å². The molecule has 8 aromatic rings. The third kappa shape index (κ3) is 21.3. The Balaban J connectivity index is 0.000000237. The number of fused-ring (bicyclic) bond motifs is 1. The molecule has 0 radical (unpaired) electrons. The highest BCUT2D eigenvalue weighted by Crippen LogP contribution is 2.45. The topological polar surface area (TPSA) is 288 Å². The van der Waals surface area contributed by atoms with Crippen molar-refractivity contribution in [1.82, 2.24) is 0 Å². The zero-order chi connectivity index (χ0) is 66.2. The number of alkyl halides is 7. The van der Waals surface area contributed by atoms with Crippen LogP contribution < -0.4 is 37.1 Å². The summed E-state index contributed by atoms with van der Waals surface area (Å²) in [4.78, 5) is 32.4. The zero-order valence-corrected chi connectivity index (χ0v) is 47.7. The molecule has 8 aromatic carbocycles. The average molecular weight is 1340 g/mol. The second-order valence-corrected chi connectivity index (χ2v) is 19.2. The van der Waals surface area contributed by atoms with Gasteiger partial charge in [0.1, 0.15) is 80.6 Å². The van der Waals surface area contributed by atoms with Gasteiger partial charge < -0.3 is 47.4 Å². The number of carbonyl (C=O) groups is 1. The average Bonchev–Trinajstić information content (AvgIpc) is 1.98. The summed E-state index contributed by atoms with van der Waals surface area (Å²) in [6, 6.07) is 30.9. The number of nitrogens with zero attached hydrogens (tertiary/aromatic N) is 3. The summed E-state index contributed by atoms with van der Waals surface area (Å²) in [5, 5.41) is 37.8. The van der Waals surface area contributed by atoms with Crippen molar-refractivity contribution >= 4 is 109 Å². The van der Waals surface area contributed by atoms with E-state index >= 15 is 0 Å². The van der Waals surface area contributed by atoms with Gasteiger partial charge in [0.2, 0.25) is 0 Å². The number of benzene rings is 8. The number of phenols is 1. The first kappa shape index (κ1) is 71.3. The fraction of sp³-hybridized carbons (Fsp3) is 0.0909. The molecule has 0 fully saturated rings. The number of halogens is 16. The van der Waals surface area contributed by atoms with E-state index in [2.05, 4.69) is 4.99 Å². The van der Waals surface area contributed by atoms with Crippen molar-refractivity contribution in [2.75, 3.05) is 22.9 Å². The van der Waals surface area contributed by atoms with Gasteiger partial charge in [-0.2, -0.15) is 30.7 Å². The molecule has 0 aliphatic carbocycles. The van der Waals surface area contributed by atoms with E-state index in [1.54, 1.807) is 0 Å². The van der Waals surface area contributed by atoms with E-state index in [9.17, 15) is 73.3 Å². The maximum Gasteiger partial charge on any atom is 0.459 e. The summed E-state index contributed by atoms with van der Waals surface area (Å²) in [6.07, 6.45) is -6.41. The van der Waals surface area contributed by atoms with E-state index < -0.39 is 57.6 Å². The molecule has 0 unspecified atom stereocenters. The predicted octanol–water partition coefficient (Wildman–Crippen LogP) is 18.0. The molecular weight excluding hydrogens is 1300 g/mol. The second kappa shape index (κ2) is 30.9. The molecule has 0 spiro atoms. The fourth-order valence-corrected chi connectivity index (χ4v) is 7.05. The molecule has 0 aromatic heterocycles. The number of anilines is 4. The maximum absolute atomic E-state index is 13.4. The van der Waals surface area contributed by atoms with Crippen LogP contribution in [0.5, 0.6) is 40.2 Å². The lowest BCUT2D eigenvalue weighted by atomic mass is 10.1. The molecule has 9 rings (SSSR count). The van der Waals surface area contributed by atoms with Gasteiger partial charge in [-0.1, -0.05) is 58.0 Å². The highest BCUT2D eigenvalue weighted by Gasteiger charge is 2.61. The smallest absolute Gasteiger partial charge is 0.459 e. The third-order valence-corrected chi connectivity index (χ3v) is 12.1. The number of nitro benzene ring substituents is 2. The minimum atomic E-state index is -5.73. The van der Waals surface area contributed by atoms with Crippen LogP contribution in [-0.4, -0.2) is 49.8 Å². The molecule has 0 amide bonds.